The molecule has 0 aromatic heterocycles. The number of hydrogen-bond donors (Lipinski definition) is 3. The first-order valence-corrected chi connectivity index (χ1v) is 13.1. The maximum atomic E-state index is 11.6. The third kappa shape index (κ3) is 3.41. The van der Waals surface area contributed by atoms with Gasteiger partial charge in [-0.25, -0.2) is 0 Å². The normalized spacial score (nSPS) is 51.9. The Hall–Kier alpha value is -0.120. The Kier molecular flexibility index (Phi) is 6.17. The summed E-state index contributed by atoms with van der Waals surface area (Å²) in [6.45, 7) is 12.0. The molecule has 4 rings (SSSR count). The van der Waals surface area contributed by atoms with E-state index in [2.05, 4.69) is 34.6 Å². The van der Waals surface area contributed by atoms with Gasteiger partial charge in [0, 0.05) is 11.8 Å². The molecule has 4 unspecified atom stereocenters. The van der Waals surface area contributed by atoms with Crippen LogP contribution in [0.15, 0.2) is 0 Å². The van der Waals surface area contributed by atoms with E-state index in [1.54, 1.807) is 0 Å². The Morgan fingerprint density at radius 1 is 0.900 bits per heavy atom. The van der Waals surface area contributed by atoms with E-state index in [1.807, 2.05) is 0 Å². The van der Waals surface area contributed by atoms with Gasteiger partial charge in [-0.3, -0.25) is 0 Å². The molecule has 10 atom stereocenters. The molecule has 3 heteroatoms. The van der Waals surface area contributed by atoms with E-state index in [4.69, 9.17) is 0 Å². The molecule has 174 valence electrons. The van der Waals surface area contributed by atoms with E-state index in [-0.39, 0.29) is 5.41 Å². The predicted octanol–water partition coefficient (Wildman–Crippen LogP) is 5.55. The van der Waals surface area contributed by atoms with Crippen molar-refractivity contribution in [2.24, 2.45) is 46.3 Å². The zero-order valence-electron chi connectivity index (χ0n) is 20.2. The second-order valence-electron chi connectivity index (χ2n) is 12.9. The maximum absolute atomic E-state index is 11.6. The van der Waals surface area contributed by atoms with Gasteiger partial charge in [0.15, 0.2) is 0 Å². The molecule has 3 N–H and O–H groups in total. The standard InChI is InChI=1S/C27H48O3/c1-17(2)7-6-8-18(3)21-9-10-22-20-15-24(29)27(30)16-19(28)11-14-26(27,5)23(20)12-13-25(21,22)4/h17-24,28-30H,6-16H2,1-5H3/t18-,19+,20?,21?,22?,23?,24-,25-,26-,27+/m1/s1. The van der Waals surface area contributed by atoms with Gasteiger partial charge in [-0.1, -0.05) is 53.9 Å². The molecule has 4 fully saturated rings. The fourth-order valence-corrected chi connectivity index (χ4v) is 9.29. The van der Waals surface area contributed by atoms with Crippen molar-refractivity contribution in [1.82, 2.24) is 0 Å². The summed E-state index contributed by atoms with van der Waals surface area (Å²) in [5.74, 6) is 4.13. The summed E-state index contributed by atoms with van der Waals surface area (Å²) >= 11 is 0. The van der Waals surface area contributed by atoms with Gasteiger partial charge < -0.3 is 15.3 Å². The highest BCUT2D eigenvalue weighted by Crippen LogP contribution is 2.69. The molecule has 3 nitrogen and oxygen atoms in total. The number of aliphatic hydroxyl groups is 3. The molecule has 0 heterocycles. The van der Waals surface area contributed by atoms with Gasteiger partial charge in [-0.05, 0) is 85.9 Å². The van der Waals surface area contributed by atoms with Crippen molar-refractivity contribution >= 4 is 0 Å². The van der Waals surface area contributed by atoms with Crippen molar-refractivity contribution in [1.29, 1.82) is 0 Å². The first-order valence-electron chi connectivity index (χ1n) is 13.1. The first-order chi connectivity index (χ1) is 14.0. The van der Waals surface area contributed by atoms with E-state index in [0.717, 1.165) is 37.0 Å². The van der Waals surface area contributed by atoms with Crippen molar-refractivity contribution in [3.63, 3.8) is 0 Å². The van der Waals surface area contributed by atoms with E-state index in [1.165, 1.54) is 44.9 Å². The molecule has 0 aromatic rings. The lowest BCUT2D eigenvalue weighted by Crippen LogP contribution is -2.68. The largest absolute Gasteiger partial charge is 0.393 e. The molecule has 4 aliphatic rings. The fraction of sp³-hybridized carbons (Fsp3) is 1.00. The number of rotatable bonds is 5. The third-order valence-electron chi connectivity index (χ3n) is 11.0. The summed E-state index contributed by atoms with van der Waals surface area (Å²) in [6, 6.07) is 0. The van der Waals surface area contributed by atoms with Crippen LogP contribution < -0.4 is 0 Å². The van der Waals surface area contributed by atoms with Crippen LogP contribution in [-0.4, -0.2) is 33.1 Å². The summed E-state index contributed by atoms with van der Waals surface area (Å²) in [6.07, 6.45) is 10.7. The molecule has 4 aliphatic carbocycles. The van der Waals surface area contributed by atoms with Crippen molar-refractivity contribution in [3.05, 3.63) is 0 Å². The minimum atomic E-state index is -1.11. The smallest absolute Gasteiger partial charge is 0.0985 e. The van der Waals surface area contributed by atoms with Crippen molar-refractivity contribution in [3.8, 4) is 0 Å². The van der Waals surface area contributed by atoms with Gasteiger partial charge in [0.1, 0.15) is 0 Å². The molecule has 4 saturated carbocycles. The first kappa shape index (κ1) is 23.1. The van der Waals surface area contributed by atoms with E-state index in [9.17, 15) is 15.3 Å². The Labute approximate surface area is 185 Å². The fourth-order valence-electron chi connectivity index (χ4n) is 9.29. The average molecular weight is 421 g/mol. The SMILES string of the molecule is CC(C)CCC[C@@H](C)C1CCC2C3C[C@@H](O)[C@@]4(O)C[C@@H](O)CC[C@]4(C)C3CC[C@@]21C. The highest BCUT2D eigenvalue weighted by atomic mass is 16.3. The molecule has 0 saturated heterocycles. The van der Waals surface area contributed by atoms with Crippen LogP contribution in [0.5, 0.6) is 0 Å². The van der Waals surface area contributed by atoms with Crippen LogP contribution in [0, 0.1) is 46.3 Å². The minimum Gasteiger partial charge on any atom is -0.393 e. The number of hydrogen-bond acceptors (Lipinski definition) is 3. The average Bonchev–Trinajstić information content (AvgIpc) is 3.01. The summed E-state index contributed by atoms with van der Waals surface area (Å²) < 4.78 is 0. The van der Waals surface area contributed by atoms with Crippen LogP contribution in [-0.2, 0) is 0 Å². The Morgan fingerprint density at radius 2 is 1.63 bits per heavy atom. The highest BCUT2D eigenvalue weighted by molar-refractivity contribution is 5.17. The molecule has 0 bridgehead atoms. The molecular weight excluding hydrogens is 372 g/mol. The van der Waals surface area contributed by atoms with Crippen LogP contribution in [0.4, 0.5) is 0 Å². The zero-order valence-corrected chi connectivity index (χ0v) is 20.2. The van der Waals surface area contributed by atoms with Crippen LogP contribution in [0.3, 0.4) is 0 Å². The molecule has 0 spiro atoms. The lowest BCUT2D eigenvalue weighted by atomic mass is 9.42. The van der Waals surface area contributed by atoms with E-state index >= 15 is 0 Å². The second kappa shape index (κ2) is 8.03. The topological polar surface area (TPSA) is 60.7 Å². The summed E-state index contributed by atoms with van der Waals surface area (Å²) in [7, 11) is 0. The highest BCUT2D eigenvalue weighted by Gasteiger charge is 2.67. The van der Waals surface area contributed by atoms with Crippen LogP contribution in [0.2, 0.25) is 0 Å². The van der Waals surface area contributed by atoms with Crippen LogP contribution in [0.25, 0.3) is 0 Å². The van der Waals surface area contributed by atoms with E-state index < -0.39 is 17.8 Å². The Balaban J connectivity index is 1.53. The number of fused-ring (bicyclic) bond motifs is 5. The monoisotopic (exact) mass is 420 g/mol. The molecule has 0 amide bonds. The third-order valence-corrected chi connectivity index (χ3v) is 11.0. The molecule has 30 heavy (non-hydrogen) atoms. The van der Waals surface area contributed by atoms with Crippen LogP contribution >= 0.6 is 0 Å². The quantitative estimate of drug-likeness (QED) is 0.546. The summed E-state index contributed by atoms with van der Waals surface area (Å²) in [5, 5.41) is 33.0. The molecule has 0 aromatic carbocycles. The lowest BCUT2D eigenvalue weighted by molar-refractivity contribution is -0.264. The van der Waals surface area contributed by atoms with Gasteiger partial charge in [0.2, 0.25) is 0 Å². The van der Waals surface area contributed by atoms with E-state index in [0.29, 0.717) is 29.6 Å². The van der Waals surface area contributed by atoms with Gasteiger partial charge in [-0.15, -0.1) is 0 Å². The Morgan fingerprint density at radius 3 is 2.33 bits per heavy atom. The maximum Gasteiger partial charge on any atom is 0.0985 e. The van der Waals surface area contributed by atoms with Gasteiger partial charge in [0.05, 0.1) is 17.8 Å². The van der Waals surface area contributed by atoms with Crippen LogP contribution in [0.1, 0.15) is 105 Å². The zero-order chi connectivity index (χ0) is 21.9. The van der Waals surface area contributed by atoms with Gasteiger partial charge >= 0.3 is 0 Å². The lowest BCUT2D eigenvalue weighted by Gasteiger charge is -2.65. The Bertz CT molecular complexity index is 619. The van der Waals surface area contributed by atoms with Crippen molar-refractivity contribution in [2.75, 3.05) is 0 Å². The summed E-state index contributed by atoms with van der Waals surface area (Å²) in [5.41, 5.74) is -0.962. The van der Waals surface area contributed by atoms with Crippen molar-refractivity contribution < 1.29 is 15.3 Å². The number of aliphatic hydroxyl groups excluding tert-OH is 2. The van der Waals surface area contributed by atoms with Gasteiger partial charge in [0.25, 0.3) is 0 Å². The van der Waals surface area contributed by atoms with Crippen molar-refractivity contribution in [2.45, 2.75) is 123 Å². The molecule has 0 aliphatic heterocycles. The molecule has 0 radical (unpaired) electrons. The summed E-state index contributed by atoms with van der Waals surface area (Å²) in [4.78, 5) is 0. The minimum absolute atomic E-state index is 0.253. The van der Waals surface area contributed by atoms with Gasteiger partial charge in [-0.2, -0.15) is 0 Å². The predicted molar refractivity (Wildman–Crippen MR) is 122 cm³/mol. The molecular formula is C27H48O3. The second-order valence-corrected chi connectivity index (χ2v) is 12.9.